The minimum Gasteiger partial charge on any atom is -0.387 e. The molecule has 0 spiro atoms. The maximum absolute atomic E-state index is 5.01. The molecule has 0 aromatic carbocycles. The van der Waals surface area contributed by atoms with Gasteiger partial charge in [0.25, 0.3) is 0 Å². The third-order valence-electron chi connectivity index (χ3n) is 8.25. The molecule has 2 N–H and O–H groups in total. The van der Waals surface area contributed by atoms with E-state index in [1.54, 1.807) is 0 Å². The summed E-state index contributed by atoms with van der Waals surface area (Å²) in [6.45, 7) is 39.0. The van der Waals surface area contributed by atoms with Gasteiger partial charge in [-0.1, -0.05) is 113 Å². The van der Waals surface area contributed by atoms with Crippen LogP contribution in [0.15, 0.2) is 42.6 Å². The van der Waals surface area contributed by atoms with Crippen molar-refractivity contribution in [2.75, 3.05) is 31.5 Å². The zero-order chi connectivity index (χ0) is 36.0. The number of nitrogens with one attached hydrogen (secondary N) is 2. The minimum absolute atomic E-state index is 0.121. The minimum atomic E-state index is 0.121. The van der Waals surface area contributed by atoms with E-state index in [0.29, 0.717) is 18.0 Å². The lowest BCUT2D eigenvalue weighted by Gasteiger charge is -2.34. The number of anilines is 1. The van der Waals surface area contributed by atoms with Gasteiger partial charge in [-0.05, 0) is 70.1 Å². The fourth-order valence-corrected chi connectivity index (χ4v) is 5.48. The number of pyridine rings is 1. The fraction of sp³-hybridized carbons (Fsp3) is 0.659. The second-order valence-corrected chi connectivity index (χ2v) is 13.5. The molecule has 3 rings (SSSR count). The van der Waals surface area contributed by atoms with Crippen LogP contribution in [0.5, 0.6) is 0 Å². The number of allylic oxidation sites excluding steroid dienone is 3. The largest absolute Gasteiger partial charge is 0.387 e. The molecule has 3 heterocycles. The third kappa shape index (κ3) is 16.2. The third-order valence-corrected chi connectivity index (χ3v) is 8.25. The lowest BCUT2D eigenvalue weighted by molar-refractivity contribution is 0.218. The lowest BCUT2D eigenvalue weighted by Crippen LogP contribution is -2.42. The van der Waals surface area contributed by atoms with E-state index in [0.717, 1.165) is 67.1 Å². The molecule has 1 saturated heterocycles. The molecule has 1 fully saturated rings. The summed E-state index contributed by atoms with van der Waals surface area (Å²) in [4.78, 5) is 12.3. The molecule has 0 aliphatic carbocycles. The molecule has 2 aromatic rings. The average Bonchev–Trinajstić information content (AvgIpc) is 3.38. The van der Waals surface area contributed by atoms with E-state index in [1.165, 1.54) is 25.0 Å². The molecular weight excluding hydrogens is 576 g/mol. The van der Waals surface area contributed by atoms with Crippen LogP contribution in [-0.4, -0.2) is 51.7 Å². The number of hydrogen-bond acceptors (Lipinski definition) is 5. The quantitative estimate of drug-likeness (QED) is 0.227. The predicted molar refractivity (Wildman–Crippen MR) is 210 cm³/mol. The summed E-state index contributed by atoms with van der Waals surface area (Å²) < 4.78 is 2.28. The van der Waals surface area contributed by atoms with Crippen LogP contribution in [-0.2, 0) is 6.54 Å². The number of imidazole rings is 1. The second-order valence-electron chi connectivity index (χ2n) is 13.5. The van der Waals surface area contributed by atoms with Gasteiger partial charge in [-0.25, -0.2) is 4.98 Å². The first-order valence-corrected chi connectivity index (χ1v) is 18.6. The van der Waals surface area contributed by atoms with Crippen molar-refractivity contribution in [1.29, 1.82) is 0 Å². The van der Waals surface area contributed by atoms with E-state index in [4.69, 9.17) is 9.97 Å². The maximum Gasteiger partial charge on any atom is 0.204 e. The second kappa shape index (κ2) is 23.5. The molecule has 1 aliphatic heterocycles. The first kappa shape index (κ1) is 44.1. The van der Waals surface area contributed by atoms with Gasteiger partial charge in [-0.3, -0.25) is 4.98 Å². The van der Waals surface area contributed by atoms with Gasteiger partial charge in [0.15, 0.2) is 0 Å². The Morgan fingerprint density at radius 1 is 0.957 bits per heavy atom. The van der Waals surface area contributed by atoms with Crippen LogP contribution in [0, 0.1) is 17.8 Å². The summed E-state index contributed by atoms with van der Waals surface area (Å²) >= 11 is 0. The van der Waals surface area contributed by atoms with Gasteiger partial charge in [0.1, 0.15) is 0 Å². The number of hydrogen-bond donors (Lipinski definition) is 2. The number of aryl methyl sites for hydroxylation is 1. The molecule has 0 amide bonds. The van der Waals surface area contributed by atoms with Crippen LogP contribution in [0.4, 0.5) is 5.95 Å². The van der Waals surface area contributed by atoms with E-state index < -0.39 is 0 Å². The van der Waals surface area contributed by atoms with Crippen molar-refractivity contribution in [2.45, 2.75) is 142 Å². The topological polar surface area (TPSA) is 58.0 Å². The molecular formula is C41H74N6. The van der Waals surface area contributed by atoms with Crippen LogP contribution in [0.3, 0.4) is 0 Å². The Bertz CT molecular complexity index is 1270. The summed E-state index contributed by atoms with van der Waals surface area (Å²) in [5, 5.41) is 9.57. The maximum atomic E-state index is 5.01. The van der Waals surface area contributed by atoms with E-state index >= 15 is 0 Å². The van der Waals surface area contributed by atoms with Crippen molar-refractivity contribution >= 4 is 18.1 Å². The summed E-state index contributed by atoms with van der Waals surface area (Å²) in [6, 6.07) is 6.63. The average molecular weight is 651 g/mol. The highest BCUT2D eigenvalue weighted by molar-refractivity contribution is 5.41. The number of aromatic nitrogens is 3. The summed E-state index contributed by atoms with van der Waals surface area (Å²) in [7, 11) is 0. The van der Waals surface area contributed by atoms with Gasteiger partial charge in [-0.15, -0.1) is 0 Å². The normalized spacial score (nSPS) is 14.9. The van der Waals surface area contributed by atoms with Gasteiger partial charge in [0.2, 0.25) is 5.95 Å². The Morgan fingerprint density at radius 2 is 1.60 bits per heavy atom. The highest BCUT2D eigenvalue weighted by Crippen LogP contribution is 2.32. The van der Waals surface area contributed by atoms with Gasteiger partial charge >= 0.3 is 0 Å². The highest BCUT2D eigenvalue weighted by atomic mass is 15.2. The number of nitrogens with zero attached hydrogens (tertiary/aromatic N) is 4. The first-order chi connectivity index (χ1) is 22.4. The molecule has 6 nitrogen and oxygen atoms in total. The predicted octanol–water partition coefficient (Wildman–Crippen LogP) is 9.09. The molecule has 1 aliphatic rings. The van der Waals surface area contributed by atoms with Crippen LogP contribution < -0.4 is 21.3 Å². The first-order valence-electron chi connectivity index (χ1n) is 18.6. The molecule has 6 heteroatoms. The SMILES string of the molecule is C=C(NCCN1CCC(Nc2nc(=C/C)/c(=C\C=C/C)n2Cc2cccc(C)n2)CC1)C(C)(C)CCCC(C)(C)C.CC.CC.CC. The Kier molecular flexibility index (Phi) is 22.0. The van der Waals surface area contributed by atoms with Crippen LogP contribution >= 0.6 is 0 Å². The smallest absolute Gasteiger partial charge is 0.204 e. The van der Waals surface area contributed by atoms with Crippen molar-refractivity contribution in [2.24, 2.45) is 10.8 Å². The van der Waals surface area contributed by atoms with Crippen molar-refractivity contribution in [1.82, 2.24) is 24.8 Å². The lowest BCUT2D eigenvalue weighted by atomic mass is 9.80. The number of piperidine rings is 1. The summed E-state index contributed by atoms with van der Waals surface area (Å²) in [5.74, 6) is 0.933. The molecule has 268 valence electrons. The summed E-state index contributed by atoms with van der Waals surface area (Å²) in [6.07, 6.45) is 14.3. The van der Waals surface area contributed by atoms with Crippen molar-refractivity contribution in [3.05, 3.63) is 64.7 Å². The Hall–Kier alpha value is -2.86. The van der Waals surface area contributed by atoms with Gasteiger partial charge in [0.05, 0.1) is 22.9 Å². The molecule has 47 heavy (non-hydrogen) atoms. The monoisotopic (exact) mass is 651 g/mol. The van der Waals surface area contributed by atoms with Crippen molar-refractivity contribution in [3.8, 4) is 0 Å². The zero-order valence-electron chi connectivity index (χ0n) is 33.2. The molecule has 0 atom stereocenters. The Labute approximate surface area is 291 Å². The van der Waals surface area contributed by atoms with Crippen LogP contribution in [0.2, 0.25) is 0 Å². The zero-order valence-corrected chi connectivity index (χ0v) is 33.2. The van der Waals surface area contributed by atoms with E-state index in [1.807, 2.05) is 61.5 Å². The van der Waals surface area contributed by atoms with Crippen LogP contribution in [0.25, 0.3) is 12.2 Å². The van der Waals surface area contributed by atoms with Gasteiger partial charge in [0, 0.05) is 49.0 Å². The van der Waals surface area contributed by atoms with E-state index in [2.05, 4.69) is 105 Å². The van der Waals surface area contributed by atoms with E-state index in [9.17, 15) is 0 Å². The highest BCUT2D eigenvalue weighted by Gasteiger charge is 2.24. The molecule has 0 radical (unpaired) electrons. The number of likely N-dealkylation sites (tertiary alicyclic amines) is 1. The van der Waals surface area contributed by atoms with Gasteiger partial charge < -0.3 is 20.1 Å². The summed E-state index contributed by atoms with van der Waals surface area (Å²) in [5.41, 5.74) is 3.77. The standard InChI is InChI=1S/C35H56N6.3C2H6/c1-10-12-17-32-31(11-2)39-33(41(32)26-30-16-13-15-27(3)37-30)38-29-18-23-40(24-19-29)25-22-36-28(4)35(8,9)21-14-20-34(5,6)7;3*1-2/h10-13,15-17,29,36H,4,14,18-26H2,1-3,5-9H3,(H,38,39);3*1-2H3/b12-10-,31-11+,32-17+;;;. The van der Waals surface area contributed by atoms with Crippen molar-refractivity contribution in [3.63, 3.8) is 0 Å². The molecule has 0 bridgehead atoms. The Balaban J connectivity index is 0.00000333. The molecule has 2 aromatic heterocycles. The molecule has 0 unspecified atom stereocenters. The van der Waals surface area contributed by atoms with E-state index in [-0.39, 0.29) is 5.41 Å². The van der Waals surface area contributed by atoms with Crippen LogP contribution in [0.1, 0.15) is 134 Å². The Morgan fingerprint density at radius 3 is 2.15 bits per heavy atom. The van der Waals surface area contributed by atoms with Crippen molar-refractivity contribution < 1.29 is 0 Å². The number of rotatable bonds is 13. The fourth-order valence-electron chi connectivity index (χ4n) is 5.48. The molecule has 0 saturated carbocycles. The van der Waals surface area contributed by atoms with Gasteiger partial charge in [-0.2, -0.15) is 0 Å².